The van der Waals surface area contributed by atoms with Crippen molar-refractivity contribution in [2.45, 2.75) is 25.7 Å². The van der Waals surface area contributed by atoms with Gasteiger partial charge in [-0.3, -0.25) is 4.79 Å². The minimum absolute atomic E-state index is 0.0616. The Morgan fingerprint density at radius 1 is 1.04 bits per heavy atom. The average Bonchev–Trinajstić information content (AvgIpc) is 2.67. The molecule has 6 nitrogen and oxygen atoms in total. The zero-order valence-corrected chi connectivity index (χ0v) is 15.4. The number of nitrogens with one attached hydrogen (secondary N) is 1. The maximum atomic E-state index is 12.5. The fourth-order valence-electron chi connectivity index (χ4n) is 3.29. The molecule has 0 amide bonds. The second-order valence-corrected chi connectivity index (χ2v) is 6.75. The number of ketones is 1. The quantitative estimate of drug-likeness (QED) is 0.740. The van der Waals surface area contributed by atoms with Gasteiger partial charge in [-0.25, -0.2) is 4.79 Å². The monoisotopic (exact) mass is 370 g/mol. The maximum Gasteiger partial charge on any atom is 0.342 e. The largest absolute Gasteiger partial charge is 0.507 e. The Balaban J connectivity index is 1.90. The van der Waals surface area contributed by atoms with Gasteiger partial charge in [-0.05, 0) is 37.0 Å². The molecule has 0 unspecified atom stereocenters. The highest BCUT2D eigenvalue weighted by molar-refractivity contribution is 5.97. The lowest BCUT2D eigenvalue weighted by Gasteiger charge is -2.30. The third kappa shape index (κ3) is 5.20. The number of allylic oxidation sites excluding steroid dienone is 2. The van der Waals surface area contributed by atoms with Crippen LogP contribution in [0.25, 0.3) is 6.08 Å². The lowest BCUT2D eigenvalue weighted by atomic mass is 10.0. The summed E-state index contributed by atoms with van der Waals surface area (Å²) in [6, 6.07) is 3.57. The summed E-state index contributed by atoms with van der Waals surface area (Å²) in [5, 5.41) is 13.8. The fourth-order valence-corrected chi connectivity index (χ4v) is 3.29. The molecule has 1 aromatic rings. The van der Waals surface area contributed by atoms with Gasteiger partial charge in [-0.1, -0.05) is 18.2 Å². The summed E-state index contributed by atoms with van der Waals surface area (Å²) < 4.78 is 5.30. The topological polar surface area (TPSA) is 78.9 Å². The number of phenols is 1. The van der Waals surface area contributed by atoms with Crippen molar-refractivity contribution < 1.29 is 19.4 Å². The highest BCUT2D eigenvalue weighted by Crippen LogP contribution is 2.31. The molecule has 0 saturated carbocycles. The van der Waals surface area contributed by atoms with Gasteiger partial charge in [0.2, 0.25) is 0 Å². The van der Waals surface area contributed by atoms with Crippen molar-refractivity contribution in [1.29, 1.82) is 0 Å². The molecule has 1 fully saturated rings. The summed E-state index contributed by atoms with van der Waals surface area (Å²) in [4.78, 5) is 26.4. The summed E-state index contributed by atoms with van der Waals surface area (Å²) in [6.45, 7) is 3.64. The van der Waals surface area contributed by atoms with Gasteiger partial charge in [-0.2, -0.15) is 0 Å². The van der Waals surface area contributed by atoms with Crippen LogP contribution in [-0.2, 0) is 9.53 Å². The summed E-state index contributed by atoms with van der Waals surface area (Å²) >= 11 is 0. The van der Waals surface area contributed by atoms with E-state index in [1.54, 1.807) is 18.2 Å². The number of hydrogen-bond donors (Lipinski definition) is 2. The van der Waals surface area contributed by atoms with Crippen LogP contribution in [0.1, 0.15) is 41.6 Å². The van der Waals surface area contributed by atoms with Crippen LogP contribution in [0.2, 0.25) is 0 Å². The van der Waals surface area contributed by atoms with E-state index < -0.39 is 5.97 Å². The van der Waals surface area contributed by atoms with Gasteiger partial charge in [0.15, 0.2) is 5.78 Å². The molecule has 2 N–H and O–H groups in total. The predicted molar refractivity (Wildman–Crippen MR) is 105 cm³/mol. The Morgan fingerprint density at radius 2 is 1.81 bits per heavy atom. The van der Waals surface area contributed by atoms with E-state index in [4.69, 9.17) is 4.74 Å². The van der Waals surface area contributed by atoms with E-state index in [1.165, 1.54) is 0 Å². The van der Waals surface area contributed by atoms with E-state index in [1.807, 2.05) is 18.2 Å². The average molecular weight is 370 g/mol. The van der Waals surface area contributed by atoms with Gasteiger partial charge in [0.1, 0.15) is 11.3 Å². The van der Waals surface area contributed by atoms with Crippen LogP contribution in [0.5, 0.6) is 5.75 Å². The number of carbonyl (C=O) groups excluding carboxylic acids is 2. The minimum Gasteiger partial charge on any atom is -0.507 e. The van der Waals surface area contributed by atoms with Gasteiger partial charge in [0.25, 0.3) is 0 Å². The summed E-state index contributed by atoms with van der Waals surface area (Å²) in [7, 11) is 0. The number of benzene rings is 1. The molecule has 6 heteroatoms. The van der Waals surface area contributed by atoms with E-state index in [-0.39, 0.29) is 23.7 Å². The molecule has 0 spiro atoms. The molecule has 0 aliphatic carbocycles. The number of fused-ring (bicyclic) bond motifs is 1. The number of ether oxygens (including phenoxy) is 1. The lowest BCUT2D eigenvalue weighted by Crippen LogP contribution is -2.43. The van der Waals surface area contributed by atoms with Crippen molar-refractivity contribution in [3.8, 4) is 5.75 Å². The highest BCUT2D eigenvalue weighted by Gasteiger charge is 2.20. The van der Waals surface area contributed by atoms with Crippen molar-refractivity contribution in [2.75, 3.05) is 37.7 Å². The fraction of sp³-hybridized carbons (Fsp3) is 0.429. The van der Waals surface area contributed by atoms with E-state index in [2.05, 4.69) is 10.2 Å². The van der Waals surface area contributed by atoms with Crippen molar-refractivity contribution in [3.05, 3.63) is 41.5 Å². The molecule has 144 valence electrons. The molecule has 2 aliphatic rings. The number of carbonyl (C=O) groups is 2. The standard InChI is InChI=1S/C21H26N2O4/c24-18-7-3-1-2-6-16-14-17(23-11-9-22-10-12-23)15-19(25)20(16)21(26)27-13-5-4-8-18/h2,4,6,8,14-15,22,25H,1,3,5,7,9-13H2/b6-2+,8-4-. The van der Waals surface area contributed by atoms with Crippen LogP contribution in [-0.4, -0.2) is 49.6 Å². The first-order valence-electron chi connectivity index (χ1n) is 9.51. The van der Waals surface area contributed by atoms with Crippen molar-refractivity contribution >= 4 is 23.5 Å². The minimum atomic E-state index is -0.546. The van der Waals surface area contributed by atoms with Crippen molar-refractivity contribution in [2.24, 2.45) is 0 Å². The number of phenolic OH excluding ortho intramolecular Hbond substituents is 1. The van der Waals surface area contributed by atoms with Gasteiger partial charge in [-0.15, -0.1) is 0 Å². The second-order valence-electron chi connectivity index (χ2n) is 6.75. The summed E-state index contributed by atoms with van der Waals surface area (Å²) in [6.07, 6.45) is 9.52. The molecular formula is C21H26N2O4. The Kier molecular flexibility index (Phi) is 6.65. The van der Waals surface area contributed by atoms with E-state index >= 15 is 0 Å². The number of esters is 1. The zero-order valence-electron chi connectivity index (χ0n) is 15.4. The Bertz CT molecular complexity index is 749. The number of nitrogens with zero attached hydrogens (tertiary/aromatic N) is 1. The molecule has 1 saturated heterocycles. The number of cyclic esters (lactones) is 1. The summed E-state index contributed by atoms with van der Waals surface area (Å²) in [5.74, 6) is -0.518. The first kappa shape index (κ1) is 19.2. The Hall–Kier alpha value is -2.60. The predicted octanol–water partition coefficient (Wildman–Crippen LogP) is 2.67. The van der Waals surface area contributed by atoms with Gasteiger partial charge < -0.3 is 20.1 Å². The third-order valence-electron chi connectivity index (χ3n) is 4.73. The normalized spacial score (nSPS) is 21.7. The van der Waals surface area contributed by atoms with Gasteiger partial charge >= 0.3 is 5.97 Å². The van der Waals surface area contributed by atoms with E-state index in [0.717, 1.165) is 44.7 Å². The highest BCUT2D eigenvalue weighted by atomic mass is 16.5. The maximum absolute atomic E-state index is 12.5. The SMILES string of the molecule is O=C1/C=C\CCOC(=O)c2c(O)cc(N3CCNCC3)cc2/C=C/CCC1. The summed E-state index contributed by atoms with van der Waals surface area (Å²) in [5.41, 5.74) is 1.74. The number of aromatic hydroxyl groups is 1. The van der Waals surface area contributed by atoms with E-state index in [9.17, 15) is 14.7 Å². The van der Waals surface area contributed by atoms with Gasteiger partial charge in [0.05, 0.1) is 6.61 Å². The van der Waals surface area contributed by atoms with Crippen LogP contribution < -0.4 is 10.2 Å². The number of piperazine rings is 1. The lowest BCUT2D eigenvalue weighted by molar-refractivity contribution is -0.114. The first-order chi connectivity index (χ1) is 13.1. The molecule has 1 aromatic carbocycles. The molecule has 27 heavy (non-hydrogen) atoms. The zero-order chi connectivity index (χ0) is 19.1. The molecule has 2 aliphatic heterocycles. The van der Waals surface area contributed by atoms with Crippen molar-refractivity contribution in [1.82, 2.24) is 5.32 Å². The molecular weight excluding hydrogens is 344 g/mol. The molecule has 0 bridgehead atoms. The van der Waals surface area contributed by atoms with Crippen LogP contribution in [0.4, 0.5) is 5.69 Å². The first-order valence-corrected chi connectivity index (χ1v) is 9.51. The second kappa shape index (κ2) is 9.37. The van der Waals surface area contributed by atoms with E-state index in [0.29, 0.717) is 18.4 Å². The molecule has 3 rings (SSSR count). The Labute approximate surface area is 159 Å². The molecule has 2 heterocycles. The molecule has 0 radical (unpaired) electrons. The van der Waals surface area contributed by atoms with Crippen LogP contribution in [0, 0.1) is 0 Å². The number of anilines is 1. The van der Waals surface area contributed by atoms with Crippen molar-refractivity contribution in [3.63, 3.8) is 0 Å². The smallest absolute Gasteiger partial charge is 0.342 e. The van der Waals surface area contributed by atoms with Crippen LogP contribution in [0.15, 0.2) is 30.4 Å². The molecule has 0 atom stereocenters. The molecule has 0 aromatic heterocycles. The van der Waals surface area contributed by atoms with Crippen LogP contribution in [0.3, 0.4) is 0 Å². The van der Waals surface area contributed by atoms with Gasteiger partial charge in [0, 0.05) is 44.4 Å². The number of rotatable bonds is 1. The third-order valence-corrected chi connectivity index (χ3v) is 4.73. The Morgan fingerprint density at radius 3 is 2.63 bits per heavy atom. The van der Waals surface area contributed by atoms with Crippen LogP contribution >= 0.6 is 0 Å². The number of hydrogen-bond acceptors (Lipinski definition) is 6.